The number of nitrogens with zero attached hydrogens (tertiary/aromatic N) is 4. The molecule has 25 heavy (non-hydrogen) atoms. The molecule has 8 nitrogen and oxygen atoms in total. The number of nitrogens with two attached hydrogens (primary N) is 1. The maximum Gasteiger partial charge on any atom is 0.263 e. The first kappa shape index (κ1) is 15.8. The smallest absolute Gasteiger partial charge is 0.263 e. The number of hydrogen-bond acceptors (Lipinski definition) is 8. The number of pyridine rings is 1. The Bertz CT molecular complexity index is 926. The minimum Gasteiger partial charge on any atom is -0.480 e. The molecule has 130 valence electrons. The Labute approximate surface area is 144 Å². The molecule has 3 aromatic heterocycles. The number of aromatic nitrogens is 4. The van der Waals surface area contributed by atoms with Crippen LogP contribution in [-0.4, -0.2) is 33.9 Å². The highest BCUT2D eigenvalue weighted by atomic mass is 16.5. The summed E-state index contributed by atoms with van der Waals surface area (Å²) in [4.78, 5) is 8.91. The van der Waals surface area contributed by atoms with Gasteiger partial charge in [0, 0.05) is 17.7 Å². The van der Waals surface area contributed by atoms with Crippen LogP contribution in [-0.2, 0) is 5.41 Å². The molecule has 8 heteroatoms. The van der Waals surface area contributed by atoms with E-state index < -0.39 is 0 Å². The second-order valence-corrected chi connectivity index (χ2v) is 6.45. The molecule has 1 aliphatic carbocycles. The van der Waals surface area contributed by atoms with Gasteiger partial charge in [0.05, 0.1) is 12.7 Å². The van der Waals surface area contributed by atoms with E-state index in [1.165, 1.54) is 6.26 Å². The molecule has 0 aromatic carbocycles. The molecule has 0 bridgehead atoms. The van der Waals surface area contributed by atoms with Crippen LogP contribution in [0.4, 0.5) is 0 Å². The van der Waals surface area contributed by atoms with Crippen molar-refractivity contribution in [1.29, 1.82) is 0 Å². The first-order valence-corrected chi connectivity index (χ1v) is 8.09. The molecule has 0 amide bonds. The summed E-state index contributed by atoms with van der Waals surface area (Å²) >= 11 is 0. The van der Waals surface area contributed by atoms with Gasteiger partial charge in [-0.2, -0.15) is 4.98 Å². The Morgan fingerprint density at radius 3 is 2.72 bits per heavy atom. The molecular weight excluding hydrogens is 322 g/mol. The largest absolute Gasteiger partial charge is 0.480 e. The van der Waals surface area contributed by atoms with Crippen LogP contribution in [0, 0.1) is 13.8 Å². The fourth-order valence-electron chi connectivity index (χ4n) is 3.12. The molecule has 0 radical (unpaired) electrons. The second kappa shape index (κ2) is 5.66. The summed E-state index contributed by atoms with van der Waals surface area (Å²) in [6.07, 6.45) is 3.50. The fourth-order valence-corrected chi connectivity index (χ4v) is 3.12. The van der Waals surface area contributed by atoms with Crippen molar-refractivity contribution in [3.8, 4) is 28.7 Å². The Balaban J connectivity index is 1.77. The minimum atomic E-state index is -0.129. The van der Waals surface area contributed by atoms with Gasteiger partial charge in [0.25, 0.3) is 5.89 Å². The van der Waals surface area contributed by atoms with E-state index in [0.29, 0.717) is 35.3 Å². The molecule has 0 aliphatic heterocycles. The van der Waals surface area contributed by atoms with Crippen LogP contribution < -0.4 is 10.5 Å². The molecule has 1 saturated carbocycles. The summed E-state index contributed by atoms with van der Waals surface area (Å²) in [6, 6.07) is 1.95. The van der Waals surface area contributed by atoms with Crippen LogP contribution in [0.15, 0.2) is 21.4 Å². The Morgan fingerprint density at radius 2 is 2.04 bits per heavy atom. The van der Waals surface area contributed by atoms with Gasteiger partial charge in [0.15, 0.2) is 0 Å². The van der Waals surface area contributed by atoms with Crippen LogP contribution in [0.3, 0.4) is 0 Å². The van der Waals surface area contributed by atoms with E-state index in [-0.39, 0.29) is 5.41 Å². The van der Waals surface area contributed by atoms with Crippen LogP contribution >= 0.6 is 0 Å². The zero-order chi connectivity index (χ0) is 17.6. The average Bonchev–Trinajstić information content (AvgIpc) is 3.01. The molecule has 1 aliphatic rings. The molecule has 3 aromatic rings. The van der Waals surface area contributed by atoms with Gasteiger partial charge in [0.2, 0.25) is 11.7 Å². The second-order valence-electron chi connectivity index (χ2n) is 6.45. The average molecular weight is 341 g/mol. The van der Waals surface area contributed by atoms with Crippen molar-refractivity contribution in [1.82, 2.24) is 20.3 Å². The number of ether oxygens (including phenoxy) is 1. The highest BCUT2D eigenvalue weighted by Gasteiger charge is 2.48. The Hall–Kier alpha value is -2.74. The SMILES string of the molecule is COc1nc(C)cc(C)c1-c1noc(-c2conc2C2(CN)CC2)n1. The summed E-state index contributed by atoms with van der Waals surface area (Å²) in [7, 11) is 1.57. The van der Waals surface area contributed by atoms with Crippen LogP contribution in [0.25, 0.3) is 22.8 Å². The van der Waals surface area contributed by atoms with Crippen LogP contribution in [0.2, 0.25) is 0 Å². The lowest BCUT2D eigenvalue weighted by Crippen LogP contribution is -2.20. The van der Waals surface area contributed by atoms with Gasteiger partial charge >= 0.3 is 0 Å². The van der Waals surface area contributed by atoms with Crippen LogP contribution in [0.1, 0.15) is 29.8 Å². The molecule has 0 saturated heterocycles. The third kappa shape index (κ3) is 2.49. The number of aryl methyl sites for hydroxylation is 2. The van der Waals surface area contributed by atoms with E-state index in [9.17, 15) is 0 Å². The minimum absolute atomic E-state index is 0.129. The molecule has 3 heterocycles. The van der Waals surface area contributed by atoms with E-state index >= 15 is 0 Å². The monoisotopic (exact) mass is 341 g/mol. The Morgan fingerprint density at radius 1 is 1.24 bits per heavy atom. The van der Waals surface area contributed by atoms with Crippen molar-refractivity contribution in [2.75, 3.05) is 13.7 Å². The standard InChI is InChI=1S/C17H19N5O3/c1-9-6-10(2)19-16(23-3)12(9)14-20-15(25-22-14)11-7-24-21-13(11)17(8-18)4-5-17/h6-7H,4-5,8,18H2,1-3H3. The van der Waals surface area contributed by atoms with Gasteiger partial charge in [-0.25, -0.2) is 4.98 Å². The lowest BCUT2D eigenvalue weighted by molar-refractivity contribution is 0.396. The molecule has 4 rings (SSSR count). The van der Waals surface area contributed by atoms with Gasteiger partial charge in [-0.3, -0.25) is 0 Å². The summed E-state index contributed by atoms with van der Waals surface area (Å²) in [5.41, 5.74) is 9.79. The third-order valence-corrected chi connectivity index (χ3v) is 4.70. The summed E-state index contributed by atoms with van der Waals surface area (Å²) in [5.74, 6) is 1.24. The van der Waals surface area contributed by atoms with Gasteiger partial charge in [-0.1, -0.05) is 10.3 Å². The molecule has 0 atom stereocenters. The zero-order valence-corrected chi connectivity index (χ0v) is 14.4. The summed E-state index contributed by atoms with van der Waals surface area (Å²) in [5, 5.41) is 8.23. The number of rotatable bonds is 5. The summed E-state index contributed by atoms with van der Waals surface area (Å²) in [6.45, 7) is 4.38. The number of methoxy groups -OCH3 is 1. The maximum absolute atomic E-state index is 5.90. The zero-order valence-electron chi connectivity index (χ0n) is 14.4. The highest BCUT2D eigenvalue weighted by molar-refractivity contribution is 5.68. The molecular formula is C17H19N5O3. The van der Waals surface area contributed by atoms with E-state index in [0.717, 1.165) is 29.8 Å². The first-order chi connectivity index (χ1) is 12.1. The van der Waals surface area contributed by atoms with Gasteiger partial charge in [-0.05, 0) is 38.3 Å². The van der Waals surface area contributed by atoms with Crippen molar-refractivity contribution < 1.29 is 13.8 Å². The van der Waals surface area contributed by atoms with E-state index in [1.54, 1.807) is 7.11 Å². The third-order valence-electron chi connectivity index (χ3n) is 4.70. The van der Waals surface area contributed by atoms with Crippen LogP contribution in [0.5, 0.6) is 5.88 Å². The summed E-state index contributed by atoms with van der Waals surface area (Å²) < 4.78 is 16.0. The number of hydrogen-bond donors (Lipinski definition) is 1. The quantitative estimate of drug-likeness (QED) is 0.752. The molecule has 0 unspecified atom stereocenters. The Kier molecular flexibility index (Phi) is 3.57. The van der Waals surface area contributed by atoms with Crippen molar-refractivity contribution in [2.24, 2.45) is 5.73 Å². The maximum atomic E-state index is 5.90. The fraction of sp³-hybridized carbons (Fsp3) is 0.412. The first-order valence-electron chi connectivity index (χ1n) is 8.09. The lowest BCUT2D eigenvalue weighted by Gasteiger charge is -2.08. The lowest BCUT2D eigenvalue weighted by atomic mass is 9.99. The molecule has 1 fully saturated rings. The predicted molar refractivity (Wildman–Crippen MR) is 89.0 cm³/mol. The van der Waals surface area contributed by atoms with Gasteiger partial charge < -0.3 is 19.5 Å². The molecule has 2 N–H and O–H groups in total. The highest BCUT2D eigenvalue weighted by Crippen LogP contribution is 2.49. The van der Waals surface area contributed by atoms with E-state index in [4.69, 9.17) is 19.5 Å². The van der Waals surface area contributed by atoms with Crippen molar-refractivity contribution in [3.05, 3.63) is 29.3 Å². The van der Waals surface area contributed by atoms with Crippen molar-refractivity contribution in [2.45, 2.75) is 32.1 Å². The van der Waals surface area contributed by atoms with Crippen molar-refractivity contribution in [3.63, 3.8) is 0 Å². The predicted octanol–water partition coefficient (Wildman–Crippen LogP) is 2.40. The normalized spacial score (nSPS) is 15.4. The van der Waals surface area contributed by atoms with E-state index in [1.807, 2.05) is 19.9 Å². The van der Waals surface area contributed by atoms with Crippen molar-refractivity contribution >= 4 is 0 Å². The molecule has 0 spiro atoms. The van der Waals surface area contributed by atoms with Gasteiger partial charge in [-0.15, -0.1) is 0 Å². The van der Waals surface area contributed by atoms with E-state index in [2.05, 4.69) is 20.3 Å². The van der Waals surface area contributed by atoms with Gasteiger partial charge in [0.1, 0.15) is 17.5 Å². The topological polar surface area (TPSA) is 113 Å².